The van der Waals surface area contributed by atoms with Gasteiger partial charge < -0.3 is 15.7 Å². The van der Waals surface area contributed by atoms with Crippen LogP contribution in [0.4, 0.5) is 17.1 Å². The number of rotatable bonds is 4. The number of nitrogens with one attached hydrogen (secondary N) is 3. The Labute approximate surface area is 185 Å². The van der Waals surface area contributed by atoms with Gasteiger partial charge in [0.05, 0.1) is 11.3 Å². The summed E-state index contributed by atoms with van der Waals surface area (Å²) >= 11 is 0. The van der Waals surface area contributed by atoms with Crippen LogP contribution in [0.3, 0.4) is 0 Å². The van der Waals surface area contributed by atoms with Crippen molar-refractivity contribution in [3.63, 3.8) is 0 Å². The summed E-state index contributed by atoms with van der Waals surface area (Å²) in [6.07, 6.45) is 1.61. The van der Waals surface area contributed by atoms with Crippen molar-refractivity contribution in [2.45, 2.75) is 6.92 Å². The first kappa shape index (κ1) is 20.7. The van der Waals surface area contributed by atoms with E-state index in [9.17, 15) is 9.90 Å². The average molecular weight is 423 g/mol. The lowest BCUT2D eigenvalue weighted by Crippen LogP contribution is -2.26. The third-order valence-corrected chi connectivity index (χ3v) is 4.80. The van der Waals surface area contributed by atoms with E-state index in [0.717, 1.165) is 11.4 Å². The first-order chi connectivity index (χ1) is 15.5. The van der Waals surface area contributed by atoms with Crippen LogP contribution in [0.15, 0.2) is 95.0 Å². The van der Waals surface area contributed by atoms with Gasteiger partial charge in [-0.15, -0.1) is 0 Å². The van der Waals surface area contributed by atoms with Crippen LogP contribution < -0.4 is 10.6 Å². The van der Waals surface area contributed by atoms with Gasteiger partial charge in [0.2, 0.25) is 0 Å². The summed E-state index contributed by atoms with van der Waals surface area (Å²) in [5, 5.41) is 24.4. The number of carbonyl (C=O) groups is 1. The van der Waals surface area contributed by atoms with Gasteiger partial charge in [-0.3, -0.25) is 5.41 Å². The fourth-order valence-electron chi connectivity index (χ4n) is 3.23. The molecule has 32 heavy (non-hydrogen) atoms. The molecule has 4 N–H and O–H groups in total. The maximum atomic E-state index is 11.4. The second kappa shape index (κ2) is 9.09. The van der Waals surface area contributed by atoms with E-state index in [2.05, 4.69) is 20.6 Å². The highest BCUT2D eigenvalue weighted by Crippen LogP contribution is 2.33. The lowest BCUT2D eigenvalue weighted by Gasteiger charge is -2.20. The highest BCUT2D eigenvalue weighted by atomic mass is 16.4. The van der Waals surface area contributed by atoms with Crippen LogP contribution >= 0.6 is 0 Å². The van der Waals surface area contributed by atoms with Gasteiger partial charge in [-0.25, -0.2) is 14.8 Å². The van der Waals surface area contributed by atoms with Crippen molar-refractivity contribution in [3.05, 3.63) is 96.2 Å². The molecule has 0 aliphatic carbocycles. The Bertz CT molecular complexity index is 1260. The number of benzene rings is 3. The quantitative estimate of drug-likeness (QED) is 0.331. The summed E-state index contributed by atoms with van der Waals surface area (Å²) in [5.41, 5.74) is 3.64. The molecule has 7 nitrogen and oxygen atoms in total. The number of hydrogen-bond donors (Lipinski definition) is 4. The third kappa shape index (κ3) is 4.62. The minimum Gasteiger partial charge on any atom is -0.478 e. The second-order valence-electron chi connectivity index (χ2n) is 7.11. The van der Waals surface area contributed by atoms with Gasteiger partial charge in [0.25, 0.3) is 0 Å². The first-order valence-electron chi connectivity index (χ1n) is 9.95. The first-order valence-corrected chi connectivity index (χ1v) is 9.95. The molecule has 4 rings (SSSR count). The van der Waals surface area contributed by atoms with Crippen molar-refractivity contribution in [1.82, 2.24) is 0 Å². The topological polar surface area (TPSA) is 110 Å². The van der Waals surface area contributed by atoms with E-state index in [1.165, 1.54) is 12.1 Å². The Morgan fingerprint density at radius 1 is 1.00 bits per heavy atom. The van der Waals surface area contributed by atoms with Crippen LogP contribution in [0.5, 0.6) is 0 Å². The molecule has 0 saturated carbocycles. The predicted molar refractivity (Wildman–Crippen MR) is 129 cm³/mol. The molecule has 7 heteroatoms. The van der Waals surface area contributed by atoms with Crippen molar-refractivity contribution in [2.75, 3.05) is 10.6 Å². The second-order valence-corrected chi connectivity index (χ2v) is 7.11. The van der Waals surface area contributed by atoms with Gasteiger partial charge in [-0.2, -0.15) is 0 Å². The van der Waals surface area contributed by atoms with Crippen LogP contribution in [0.2, 0.25) is 0 Å². The van der Waals surface area contributed by atoms with Crippen LogP contribution in [0, 0.1) is 5.41 Å². The van der Waals surface area contributed by atoms with Gasteiger partial charge in [-0.1, -0.05) is 42.5 Å². The van der Waals surface area contributed by atoms with Crippen molar-refractivity contribution in [3.8, 4) is 0 Å². The Hall–Kier alpha value is -4.52. The van der Waals surface area contributed by atoms with Gasteiger partial charge in [0, 0.05) is 28.7 Å². The molecule has 0 saturated heterocycles. The molecule has 0 spiro atoms. The number of aliphatic imine (C=N–C) groups is 2. The minimum absolute atomic E-state index is 0.129. The average Bonchev–Trinajstić information content (AvgIpc) is 2.80. The molecular formula is C25H21N5O2. The standard InChI is InChI=1S/C25H21N5O2/c1-16(28-18-8-4-2-5-9-18)27-15-21-20-13-12-17(25(31)32)14-22(20)30-24(23(21)26)29-19-10-6-3-7-11-19/h2-15,26H,1H3,(H,27,28)(H,29,30)(H,31,32)/b21-15-,26-23?. The van der Waals surface area contributed by atoms with E-state index < -0.39 is 5.97 Å². The summed E-state index contributed by atoms with van der Waals surface area (Å²) < 4.78 is 0. The number of amidine groups is 2. The predicted octanol–water partition coefficient (Wildman–Crippen LogP) is 5.43. The Morgan fingerprint density at radius 2 is 1.66 bits per heavy atom. The Kier molecular flexibility index (Phi) is 5.89. The molecule has 0 unspecified atom stereocenters. The molecule has 0 radical (unpaired) electrons. The number of carboxylic acid groups (broad SMARTS) is 1. The zero-order valence-electron chi connectivity index (χ0n) is 17.3. The number of anilines is 2. The maximum absolute atomic E-state index is 11.4. The Morgan fingerprint density at radius 3 is 2.31 bits per heavy atom. The highest BCUT2D eigenvalue weighted by molar-refractivity contribution is 6.60. The summed E-state index contributed by atoms with van der Waals surface area (Å²) in [6.45, 7) is 1.84. The molecule has 0 atom stereocenters. The SMILES string of the molecule is C/C(=N\C=C1/C(=N)C(Nc2ccccc2)=Nc2cc(C(=O)O)ccc21)Nc1ccccc1. The van der Waals surface area contributed by atoms with E-state index in [1.54, 1.807) is 12.3 Å². The van der Waals surface area contributed by atoms with Gasteiger partial charge in [-0.05, 0) is 43.3 Å². The fourth-order valence-corrected chi connectivity index (χ4v) is 3.23. The number of aromatic carboxylic acids is 1. The molecule has 3 aromatic carbocycles. The number of hydrogen-bond acceptors (Lipinski definition) is 5. The number of nitrogens with zero attached hydrogens (tertiary/aromatic N) is 2. The summed E-state index contributed by atoms with van der Waals surface area (Å²) in [4.78, 5) is 20.5. The van der Waals surface area contributed by atoms with Crippen molar-refractivity contribution in [1.29, 1.82) is 5.41 Å². The zero-order chi connectivity index (χ0) is 22.5. The van der Waals surface area contributed by atoms with Gasteiger partial charge in [0.15, 0.2) is 5.84 Å². The fraction of sp³-hybridized carbons (Fsp3) is 0.0400. The van der Waals surface area contributed by atoms with Crippen molar-refractivity contribution >= 4 is 46.0 Å². The lowest BCUT2D eigenvalue weighted by atomic mass is 9.95. The number of para-hydroxylation sites is 2. The molecule has 1 heterocycles. The van der Waals surface area contributed by atoms with E-state index >= 15 is 0 Å². The van der Waals surface area contributed by atoms with Gasteiger partial charge >= 0.3 is 5.97 Å². The van der Waals surface area contributed by atoms with Crippen LogP contribution in [0.1, 0.15) is 22.8 Å². The minimum atomic E-state index is -1.03. The highest BCUT2D eigenvalue weighted by Gasteiger charge is 2.24. The molecule has 0 aromatic heterocycles. The molecular weight excluding hydrogens is 402 g/mol. The lowest BCUT2D eigenvalue weighted by molar-refractivity contribution is 0.0697. The molecule has 0 fully saturated rings. The van der Waals surface area contributed by atoms with Crippen LogP contribution in [0.25, 0.3) is 5.57 Å². The monoisotopic (exact) mass is 423 g/mol. The largest absolute Gasteiger partial charge is 0.478 e. The van der Waals surface area contributed by atoms with Crippen molar-refractivity contribution < 1.29 is 9.90 Å². The summed E-state index contributed by atoms with van der Waals surface area (Å²) in [7, 11) is 0. The van der Waals surface area contributed by atoms with Crippen LogP contribution in [-0.4, -0.2) is 28.5 Å². The van der Waals surface area contributed by atoms with Crippen molar-refractivity contribution in [2.24, 2.45) is 9.98 Å². The molecule has 1 aliphatic heterocycles. The molecule has 1 aliphatic rings. The maximum Gasteiger partial charge on any atom is 0.335 e. The number of carboxylic acids is 1. The summed E-state index contributed by atoms with van der Waals surface area (Å²) in [5.74, 6) is -0.0608. The zero-order valence-corrected chi connectivity index (χ0v) is 17.3. The van der Waals surface area contributed by atoms with E-state index in [-0.39, 0.29) is 11.3 Å². The molecule has 0 amide bonds. The molecule has 158 valence electrons. The van der Waals surface area contributed by atoms with E-state index in [1.807, 2.05) is 67.6 Å². The van der Waals surface area contributed by atoms with Crippen LogP contribution in [-0.2, 0) is 0 Å². The number of fused-ring (bicyclic) bond motifs is 1. The molecule has 3 aromatic rings. The van der Waals surface area contributed by atoms with E-state index in [4.69, 9.17) is 5.41 Å². The molecule has 0 bridgehead atoms. The van der Waals surface area contributed by atoms with E-state index in [0.29, 0.717) is 28.5 Å². The normalized spacial score (nSPS) is 14.5. The third-order valence-electron chi connectivity index (χ3n) is 4.80. The summed E-state index contributed by atoms with van der Waals surface area (Å²) in [6, 6.07) is 23.7. The smallest absolute Gasteiger partial charge is 0.335 e. The van der Waals surface area contributed by atoms with Gasteiger partial charge in [0.1, 0.15) is 11.5 Å². The Balaban J connectivity index is 1.72.